The highest BCUT2D eigenvalue weighted by molar-refractivity contribution is 8.09. The van der Waals surface area contributed by atoms with E-state index in [1.54, 1.807) is 36.4 Å². The maximum Gasteiger partial charge on any atom is 0.198 e. The van der Waals surface area contributed by atoms with Gasteiger partial charge in [-0.25, -0.2) is 16.8 Å². The second-order valence-electron chi connectivity index (χ2n) is 5.87. The van der Waals surface area contributed by atoms with Crippen LogP contribution in [0.15, 0.2) is 58.3 Å². The third-order valence-corrected chi connectivity index (χ3v) is 9.96. The van der Waals surface area contributed by atoms with Crippen molar-refractivity contribution in [2.75, 3.05) is 13.2 Å². The first-order valence-electron chi connectivity index (χ1n) is 7.41. The highest BCUT2D eigenvalue weighted by Gasteiger charge is 2.68. The topological polar surface area (TPSA) is 101 Å². The lowest BCUT2D eigenvalue weighted by Crippen LogP contribution is -2.51. The molecule has 2 aromatic carbocycles. The van der Waals surface area contributed by atoms with Gasteiger partial charge in [-0.3, -0.25) is 5.32 Å². The van der Waals surface area contributed by atoms with Gasteiger partial charge in [0.1, 0.15) is 5.54 Å². The van der Waals surface area contributed by atoms with Gasteiger partial charge in [-0.1, -0.05) is 36.4 Å². The molecule has 2 aromatic rings. The molecule has 0 fully saturated rings. The Kier molecular flexibility index (Phi) is 3.21. The molecule has 6 nitrogen and oxygen atoms in total. The van der Waals surface area contributed by atoms with Crippen LogP contribution in [0.2, 0.25) is 0 Å². The lowest BCUT2D eigenvalue weighted by Gasteiger charge is -2.30. The molecule has 0 spiro atoms. The van der Waals surface area contributed by atoms with Crippen molar-refractivity contribution in [1.29, 1.82) is 0 Å². The van der Waals surface area contributed by atoms with Gasteiger partial charge in [-0.15, -0.1) is 0 Å². The minimum Gasteiger partial charge on any atom is -0.395 e. The van der Waals surface area contributed by atoms with Crippen molar-refractivity contribution in [2.45, 2.75) is 19.9 Å². The molecule has 0 atom stereocenters. The summed E-state index contributed by atoms with van der Waals surface area (Å²) in [4.78, 5) is 0.0528. The summed E-state index contributed by atoms with van der Waals surface area (Å²) in [6, 6.07) is 12.7. The van der Waals surface area contributed by atoms with Crippen LogP contribution in [-0.2, 0) is 25.2 Å². The van der Waals surface area contributed by atoms with Crippen molar-refractivity contribution in [3.05, 3.63) is 59.7 Å². The van der Waals surface area contributed by atoms with Gasteiger partial charge in [0.2, 0.25) is 0 Å². The summed E-state index contributed by atoms with van der Waals surface area (Å²) in [6.45, 7) is -0.164. The van der Waals surface area contributed by atoms with Crippen LogP contribution in [0.4, 0.5) is 0 Å². The van der Waals surface area contributed by atoms with Crippen LogP contribution in [-0.4, -0.2) is 39.7 Å². The zero-order valence-corrected chi connectivity index (χ0v) is 14.1. The van der Waals surface area contributed by atoms with Crippen molar-refractivity contribution in [3.63, 3.8) is 0 Å². The Morgan fingerprint density at radius 1 is 0.875 bits per heavy atom. The van der Waals surface area contributed by atoms with Crippen LogP contribution in [0.25, 0.3) is 0 Å². The minimum absolute atomic E-state index is 0.0264. The van der Waals surface area contributed by atoms with Crippen LogP contribution in [0.3, 0.4) is 0 Å². The number of hydrogen-bond acceptors (Lipinski definition) is 6. The summed E-state index contributed by atoms with van der Waals surface area (Å²) < 4.78 is 50.5. The predicted octanol–water partition coefficient (Wildman–Crippen LogP) is 0.413. The van der Waals surface area contributed by atoms with Crippen LogP contribution < -0.4 is 5.32 Å². The van der Waals surface area contributed by atoms with Gasteiger partial charge >= 0.3 is 0 Å². The molecular formula is C16H15NO5S2. The molecule has 2 N–H and O–H groups in total. The van der Waals surface area contributed by atoms with Crippen molar-refractivity contribution < 1.29 is 21.9 Å². The molecule has 24 heavy (non-hydrogen) atoms. The second-order valence-corrected chi connectivity index (χ2v) is 10.2. The first-order chi connectivity index (χ1) is 11.4. The molecule has 8 heteroatoms. The van der Waals surface area contributed by atoms with E-state index >= 15 is 0 Å². The lowest BCUT2D eigenvalue weighted by atomic mass is 9.84. The van der Waals surface area contributed by atoms with Crippen molar-refractivity contribution >= 4 is 19.7 Å². The molecular weight excluding hydrogens is 350 g/mol. The number of nitrogens with one attached hydrogen (secondary N) is 1. The van der Waals surface area contributed by atoms with Gasteiger partial charge in [0.25, 0.3) is 0 Å². The molecule has 0 bridgehead atoms. The van der Waals surface area contributed by atoms with E-state index in [0.717, 1.165) is 0 Å². The van der Waals surface area contributed by atoms with E-state index < -0.39 is 29.8 Å². The highest BCUT2D eigenvalue weighted by Crippen LogP contribution is 2.56. The predicted molar refractivity (Wildman–Crippen MR) is 86.9 cm³/mol. The van der Waals surface area contributed by atoms with Gasteiger partial charge in [-0.2, -0.15) is 0 Å². The Balaban J connectivity index is 2.18. The number of rotatable bonds is 3. The third kappa shape index (κ3) is 1.66. The fourth-order valence-corrected chi connectivity index (χ4v) is 9.50. The molecule has 0 aliphatic carbocycles. The van der Waals surface area contributed by atoms with Crippen LogP contribution in [0.5, 0.6) is 0 Å². The molecule has 0 saturated carbocycles. The fraction of sp³-hybridized carbons (Fsp3) is 0.250. The van der Waals surface area contributed by atoms with Crippen LogP contribution in [0.1, 0.15) is 11.1 Å². The second kappa shape index (κ2) is 4.89. The summed E-state index contributed by atoms with van der Waals surface area (Å²) in [5.74, 6) is 0. The number of fused-ring (bicyclic) bond motifs is 5. The smallest absolute Gasteiger partial charge is 0.198 e. The summed E-state index contributed by atoms with van der Waals surface area (Å²) in [5.41, 5.74) is -0.568. The molecule has 2 aliphatic heterocycles. The van der Waals surface area contributed by atoms with Gasteiger partial charge in [0.15, 0.2) is 24.3 Å². The highest BCUT2D eigenvalue weighted by atomic mass is 32.3. The standard InChI is InChI=1S/C16H15NO5S2/c18-10-9-17-16-11-5-1-3-7-13(11)23(19,20)15(16)24(21,22)14-8-4-2-6-12(14)16/h1-8,15,17-18H,9-10H2. The number of hydrogen-bond donors (Lipinski definition) is 2. The van der Waals surface area contributed by atoms with E-state index in [2.05, 4.69) is 5.32 Å². The molecule has 2 aliphatic rings. The SMILES string of the molecule is O=S1(=O)c2ccccc2C2(NCCO)c3ccccc3S(=O)(=O)C21. The molecule has 126 valence electrons. The molecule has 0 saturated heterocycles. The monoisotopic (exact) mass is 365 g/mol. The van der Waals surface area contributed by atoms with Gasteiger partial charge in [-0.05, 0) is 23.3 Å². The summed E-state index contributed by atoms with van der Waals surface area (Å²) in [7, 11) is -8.16. The van der Waals surface area contributed by atoms with E-state index in [4.69, 9.17) is 0 Å². The molecule has 0 radical (unpaired) electrons. The van der Waals surface area contributed by atoms with E-state index in [1.807, 2.05) is 0 Å². The minimum atomic E-state index is -4.08. The largest absolute Gasteiger partial charge is 0.395 e. The van der Waals surface area contributed by atoms with Gasteiger partial charge in [0, 0.05) is 6.54 Å². The number of benzene rings is 2. The Morgan fingerprint density at radius 3 is 1.79 bits per heavy atom. The Hall–Kier alpha value is -1.74. The number of sulfone groups is 2. The van der Waals surface area contributed by atoms with Crippen LogP contribution >= 0.6 is 0 Å². The van der Waals surface area contributed by atoms with Crippen molar-refractivity contribution in [2.24, 2.45) is 0 Å². The maximum absolute atomic E-state index is 13.0. The maximum atomic E-state index is 13.0. The number of aliphatic hydroxyl groups excluding tert-OH is 1. The van der Waals surface area contributed by atoms with E-state index in [1.165, 1.54) is 12.1 Å². The zero-order chi connectivity index (χ0) is 17.2. The fourth-order valence-electron chi connectivity index (χ4n) is 3.87. The van der Waals surface area contributed by atoms with E-state index in [0.29, 0.717) is 11.1 Å². The third-order valence-electron chi connectivity index (χ3n) is 4.67. The average molecular weight is 365 g/mol. The summed E-state index contributed by atoms with van der Waals surface area (Å²) >= 11 is 0. The zero-order valence-electron chi connectivity index (χ0n) is 12.5. The lowest BCUT2D eigenvalue weighted by molar-refractivity contribution is 0.272. The van der Waals surface area contributed by atoms with Crippen LogP contribution in [0, 0.1) is 0 Å². The first kappa shape index (κ1) is 15.8. The first-order valence-corrected chi connectivity index (χ1v) is 10.5. The normalized spacial score (nSPS) is 28.1. The summed E-state index contributed by atoms with van der Waals surface area (Å²) in [5, 5.41) is 12.3. The van der Waals surface area contributed by atoms with E-state index in [9.17, 15) is 21.9 Å². The Bertz CT molecular complexity index is 966. The van der Waals surface area contributed by atoms with Crippen molar-refractivity contribution in [3.8, 4) is 0 Å². The van der Waals surface area contributed by atoms with E-state index in [-0.39, 0.29) is 22.9 Å². The van der Waals surface area contributed by atoms with Gasteiger partial charge < -0.3 is 5.11 Å². The molecule has 0 amide bonds. The molecule has 0 aromatic heterocycles. The van der Waals surface area contributed by atoms with Crippen molar-refractivity contribution in [1.82, 2.24) is 5.32 Å². The number of aliphatic hydroxyl groups is 1. The summed E-state index contributed by atoms with van der Waals surface area (Å²) in [6.07, 6.45) is 0. The molecule has 0 unspecified atom stereocenters. The Labute approximate surface area is 140 Å². The average Bonchev–Trinajstić information content (AvgIpc) is 2.91. The quantitative estimate of drug-likeness (QED) is 0.817. The molecule has 4 rings (SSSR count). The van der Waals surface area contributed by atoms with Gasteiger partial charge in [0.05, 0.1) is 16.4 Å². The Morgan fingerprint density at radius 2 is 1.33 bits per heavy atom. The molecule has 2 heterocycles.